The molecule has 0 fully saturated rings. The molecule has 0 bridgehead atoms. The van der Waals surface area contributed by atoms with E-state index in [2.05, 4.69) is 5.32 Å². The van der Waals surface area contributed by atoms with Crippen LogP contribution < -0.4 is 5.32 Å². The van der Waals surface area contributed by atoms with E-state index in [4.69, 9.17) is 5.11 Å². The third kappa shape index (κ3) is 11.7. The van der Waals surface area contributed by atoms with Crippen LogP contribution in [0.5, 0.6) is 0 Å². The number of nitrogens with one attached hydrogen (secondary N) is 1. The van der Waals surface area contributed by atoms with Crippen molar-refractivity contribution in [2.45, 2.75) is 38.4 Å². The summed E-state index contributed by atoms with van der Waals surface area (Å²) in [6.45, 7) is 1.93. The summed E-state index contributed by atoms with van der Waals surface area (Å²) < 4.78 is 0. The van der Waals surface area contributed by atoms with Crippen LogP contribution in [0.1, 0.15) is 32.1 Å². The van der Waals surface area contributed by atoms with Crippen LogP contribution in [0, 0.1) is 0 Å². The van der Waals surface area contributed by atoms with Gasteiger partial charge in [-0.2, -0.15) is 0 Å². The van der Waals surface area contributed by atoms with Gasteiger partial charge in [0.05, 0.1) is 12.8 Å². The normalized spacial score (nSPS) is 10.1. The molecule has 0 aromatic rings. The number of aliphatic hydroxyl groups is 1. The predicted molar refractivity (Wildman–Crippen MR) is 60.4 cm³/mol. The second kappa shape index (κ2) is 12.7. The molecule has 0 saturated heterocycles. The van der Waals surface area contributed by atoms with Crippen LogP contribution in [-0.2, 0) is 4.79 Å². The second-order valence-corrected chi connectivity index (χ2v) is 3.40. The fourth-order valence-electron chi connectivity index (χ4n) is 1.31. The zero-order valence-corrected chi connectivity index (χ0v) is 8.87. The van der Waals surface area contributed by atoms with Crippen molar-refractivity contribution < 1.29 is 9.90 Å². The average molecular weight is 198 g/mol. The van der Waals surface area contributed by atoms with Crippen molar-refractivity contribution in [1.29, 1.82) is 0 Å². The number of hydrogen-bond donors (Lipinski definition) is 2. The molecule has 81 valence electrons. The minimum atomic E-state index is 0.224. The Balaban J connectivity index is 2.81. The highest BCUT2D eigenvalue weighted by Crippen LogP contribution is 2.04. The Kier molecular flexibility index (Phi) is 12.3. The zero-order valence-electron chi connectivity index (χ0n) is 8.87. The number of unbranched alkanes of at least 4 members (excludes halogenated alkanes) is 4. The molecule has 0 aliphatic rings. The first kappa shape index (κ1) is 13.7. The van der Waals surface area contributed by atoms with Crippen molar-refractivity contribution in [3.05, 3.63) is 0 Å². The quantitative estimate of drug-likeness (QED) is 0.293. The summed E-state index contributed by atoms with van der Waals surface area (Å²) >= 11 is 0. The summed E-state index contributed by atoms with van der Waals surface area (Å²) in [6.07, 6.45) is 7.79. The molecule has 0 atom stereocenters. The fourth-order valence-corrected chi connectivity index (χ4v) is 1.31. The maximum atomic E-state index is 9.96. The van der Waals surface area contributed by atoms with Gasteiger partial charge in [-0.15, -0.1) is 0 Å². The Labute approximate surface area is 87.5 Å². The van der Waals surface area contributed by atoms with Gasteiger partial charge in [-0.1, -0.05) is 32.0 Å². The molecule has 3 nitrogen and oxygen atoms in total. The van der Waals surface area contributed by atoms with E-state index >= 15 is 0 Å². The number of carbonyl (C=O) groups is 1. The minimum Gasteiger partial charge on any atom is -0.395 e. The fraction of sp³-hybridized carbons (Fsp3) is 0.900. The lowest BCUT2D eigenvalue weighted by atomic mass is 9.75. The molecule has 0 rings (SSSR count). The maximum Gasteiger partial charge on any atom is 0.197 e. The van der Waals surface area contributed by atoms with Gasteiger partial charge in [0.25, 0.3) is 0 Å². The third-order valence-electron chi connectivity index (χ3n) is 2.11. The maximum absolute atomic E-state index is 9.96. The van der Waals surface area contributed by atoms with Crippen LogP contribution in [0.25, 0.3) is 0 Å². The molecule has 0 aromatic carbocycles. The van der Waals surface area contributed by atoms with Gasteiger partial charge < -0.3 is 15.2 Å². The van der Waals surface area contributed by atoms with Crippen LogP contribution in [-0.4, -0.2) is 38.3 Å². The molecule has 0 unspecified atom stereocenters. The summed E-state index contributed by atoms with van der Waals surface area (Å²) in [7, 11) is 1.68. The van der Waals surface area contributed by atoms with E-state index in [0.29, 0.717) is 6.54 Å². The molecule has 2 N–H and O–H groups in total. The van der Waals surface area contributed by atoms with E-state index < -0.39 is 0 Å². The Morgan fingerprint density at radius 1 is 1.07 bits per heavy atom. The van der Waals surface area contributed by atoms with Crippen LogP contribution in [0.4, 0.5) is 0 Å². The first-order valence-electron chi connectivity index (χ1n) is 5.50. The Bertz CT molecular complexity index is 123. The summed E-state index contributed by atoms with van der Waals surface area (Å²) in [5.74, 6) is 0. The van der Waals surface area contributed by atoms with Crippen LogP contribution in [0.2, 0.25) is 6.32 Å². The summed E-state index contributed by atoms with van der Waals surface area (Å²) in [6, 6.07) is 0. The Morgan fingerprint density at radius 3 is 2.50 bits per heavy atom. The molecule has 0 aliphatic carbocycles. The third-order valence-corrected chi connectivity index (χ3v) is 2.11. The number of hydrogen-bond acceptors (Lipinski definition) is 3. The topological polar surface area (TPSA) is 49.3 Å². The lowest BCUT2D eigenvalue weighted by Crippen LogP contribution is -2.19. The Hall–Kier alpha value is -0.345. The largest absolute Gasteiger partial charge is 0.395 e. The second-order valence-electron chi connectivity index (χ2n) is 3.40. The molecule has 0 amide bonds. The molecule has 1 radical (unpaired) electrons. The minimum absolute atomic E-state index is 0.224. The van der Waals surface area contributed by atoms with Crippen molar-refractivity contribution in [2.24, 2.45) is 0 Å². The first-order chi connectivity index (χ1) is 6.91. The van der Waals surface area contributed by atoms with E-state index in [9.17, 15) is 4.79 Å². The smallest absolute Gasteiger partial charge is 0.197 e. The molecule has 0 saturated carbocycles. The Morgan fingerprint density at radius 2 is 1.79 bits per heavy atom. The molecule has 4 heteroatoms. The highest BCUT2D eigenvalue weighted by atomic mass is 16.3. The van der Waals surface area contributed by atoms with E-state index in [1.165, 1.54) is 25.7 Å². The summed E-state index contributed by atoms with van der Waals surface area (Å²) in [5.41, 5.74) is 0. The van der Waals surface area contributed by atoms with Gasteiger partial charge >= 0.3 is 0 Å². The van der Waals surface area contributed by atoms with E-state index in [1.54, 1.807) is 7.28 Å². The molecule has 14 heavy (non-hydrogen) atoms. The van der Waals surface area contributed by atoms with E-state index in [1.807, 2.05) is 0 Å². The first-order valence-corrected chi connectivity index (χ1v) is 5.50. The molecular weight excluding hydrogens is 177 g/mol. The number of carbonyl (C=O) groups excluding carboxylic acids is 1. The van der Waals surface area contributed by atoms with Crippen molar-refractivity contribution in [1.82, 2.24) is 5.32 Å². The summed E-state index contributed by atoms with van der Waals surface area (Å²) in [4.78, 5) is 9.96. The molecule has 0 spiro atoms. The van der Waals surface area contributed by atoms with Crippen molar-refractivity contribution >= 4 is 13.5 Å². The SMILES string of the molecule is O=C[B]CCCCCCCNCCO. The van der Waals surface area contributed by atoms with Gasteiger partial charge in [-0.25, -0.2) is 0 Å². The molecular formula is C10H21BNO2. The standard InChI is InChI=1S/C10H21BNO2/c13-9-8-12-7-5-3-1-2-4-6-11-10-14/h10,12-13H,1-9H2. The zero-order chi connectivity index (χ0) is 10.5. The lowest BCUT2D eigenvalue weighted by Gasteiger charge is -2.02. The van der Waals surface area contributed by atoms with Crippen LogP contribution in [0.15, 0.2) is 0 Å². The van der Waals surface area contributed by atoms with Crippen molar-refractivity contribution in [2.75, 3.05) is 19.7 Å². The van der Waals surface area contributed by atoms with Gasteiger partial charge in [0, 0.05) is 6.54 Å². The lowest BCUT2D eigenvalue weighted by molar-refractivity contribution is 0.292. The average Bonchev–Trinajstić information content (AvgIpc) is 2.21. The predicted octanol–water partition coefficient (Wildman–Crippen LogP) is 0.831. The van der Waals surface area contributed by atoms with Crippen molar-refractivity contribution in [3.63, 3.8) is 0 Å². The van der Waals surface area contributed by atoms with Gasteiger partial charge in [0.15, 0.2) is 7.28 Å². The highest BCUT2D eigenvalue weighted by molar-refractivity contribution is 6.66. The number of rotatable bonds is 11. The van der Waals surface area contributed by atoms with E-state index in [0.717, 1.165) is 25.5 Å². The molecule has 0 heterocycles. The van der Waals surface area contributed by atoms with E-state index in [-0.39, 0.29) is 6.61 Å². The highest BCUT2D eigenvalue weighted by Gasteiger charge is 1.92. The van der Waals surface area contributed by atoms with Gasteiger partial charge in [0.1, 0.15) is 0 Å². The van der Waals surface area contributed by atoms with Gasteiger partial charge in [-0.3, -0.25) is 0 Å². The van der Waals surface area contributed by atoms with Gasteiger partial charge in [-0.05, 0) is 13.0 Å². The van der Waals surface area contributed by atoms with Crippen LogP contribution in [0.3, 0.4) is 0 Å². The summed E-state index contributed by atoms with van der Waals surface area (Å²) in [5, 5.41) is 11.6. The van der Waals surface area contributed by atoms with Gasteiger partial charge in [0.2, 0.25) is 0 Å². The molecule has 0 aromatic heterocycles. The molecule has 0 aliphatic heterocycles. The van der Waals surface area contributed by atoms with Crippen LogP contribution >= 0.6 is 0 Å². The number of aliphatic hydroxyl groups excluding tert-OH is 1. The monoisotopic (exact) mass is 198 g/mol. The van der Waals surface area contributed by atoms with Crippen molar-refractivity contribution in [3.8, 4) is 0 Å².